The van der Waals surface area contributed by atoms with E-state index in [0.29, 0.717) is 5.88 Å². The summed E-state index contributed by atoms with van der Waals surface area (Å²) in [6, 6.07) is 9.97. The van der Waals surface area contributed by atoms with Crippen molar-refractivity contribution >= 4 is 18.0 Å². The molecular weight excluding hydrogens is 190 g/mol. The minimum Gasteiger partial charge on any atom is -0.362 e. The van der Waals surface area contributed by atoms with E-state index in [1.165, 1.54) is 0 Å². The number of nitrogen functional groups attached to an aromatic ring is 1. The fourth-order valence-electron chi connectivity index (χ4n) is 1.28. The van der Waals surface area contributed by atoms with Crippen LogP contribution in [0, 0.1) is 0 Å². The van der Waals surface area contributed by atoms with Crippen LogP contribution in [0.3, 0.4) is 0 Å². The van der Waals surface area contributed by atoms with Gasteiger partial charge < -0.3 is 5.73 Å². The first-order valence-electron chi connectivity index (χ1n) is 4.62. The minimum atomic E-state index is 0.324. The molecule has 0 amide bonds. The molecule has 15 heavy (non-hydrogen) atoms. The van der Waals surface area contributed by atoms with Crippen LogP contribution in [0.25, 0.3) is 12.2 Å². The van der Waals surface area contributed by atoms with Gasteiger partial charge in [-0.2, -0.15) is 0 Å². The van der Waals surface area contributed by atoms with Crippen molar-refractivity contribution in [2.75, 3.05) is 5.73 Å². The second-order valence-electron chi connectivity index (χ2n) is 3.19. The van der Waals surface area contributed by atoms with Crippen LogP contribution in [0.5, 0.6) is 0 Å². The molecule has 0 bridgehead atoms. The van der Waals surface area contributed by atoms with Gasteiger partial charge in [0, 0.05) is 6.08 Å². The Morgan fingerprint density at radius 1 is 1.27 bits per heavy atom. The Morgan fingerprint density at radius 3 is 2.60 bits per heavy atom. The maximum atomic E-state index is 5.60. The van der Waals surface area contributed by atoms with Gasteiger partial charge >= 0.3 is 5.88 Å². The first kappa shape index (κ1) is 9.45. The summed E-state index contributed by atoms with van der Waals surface area (Å²) >= 11 is 0. The highest BCUT2D eigenvalue weighted by Crippen LogP contribution is 2.09. The molecule has 2 aromatic rings. The van der Waals surface area contributed by atoms with Gasteiger partial charge in [-0.05, 0) is 16.3 Å². The molecule has 2 N–H and O–H groups in total. The number of aromatic nitrogens is 2. The third-order valence-electron chi connectivity index (χ3n) is 2.10. The van der Waals surface area contributed by atoms with Gasteiger partial charge in [-0.1, -0.05) is 30.3 Å². The largest absolute Gasteiger partial charge is 0.362 e. The lowest BCUT2D eigenvalue weighted by molar-refractivity contribution is -0.741. The first-order valence-corrected chi connectivity index (χ1v) is 4.62. The number of nitrogens with two attached hydrogens (primary N) is 1. The van der Waals surface area contributed by atoms with E-state index in [1.807, 2.05) is 42.5 Å². The average molecular weight is 202 g/mol. The second-order valence-corrected chi connectivity index (χ2v) is 3.19. The van der Waals surface area contributed by atoms with Crippen molar-refractivity contribution in [2.45, 2.75) is 0 Å². The summed E-state index contributed by atoms with van der Waals surface area (Å²) in [5.74, 6) is 0.324. The maximum absolute atomic E-state index is 5.60. The summed E-state index contributed by atoms with van der Waals surface area (Å²) < 4.78 is 6.42. The zero-order valence-corrected chi connectivity index (χ0v) is 8.42. The molecule has 0 saturated heterocycles. The summed E-state index contributed by atoms with van der Waals surface area (Å²) in [4.78, 5) is 0. The molecule has 0 saturated carbocycles. The summed E-state index contributed by atoms with van der Waals surface area (Å²) in [6.07, 6.45) is 3.84. The van der Waals surface area contributed by atoms with Gasteiger partial charge in [0.05, 0.1) is 0 Å². The fourth-order valence-corrected chi connectivity index (χ4v) is 1.28. The molecule has 1 aromatic carbocycles. The molecule has 1 aromatic heterocycles. The quantitative estimate of drug-likeness (QED) is 0.746. The third-order valence-corrected chi connectivity index (χ3v) is 2.10. The van der Waals surface area contributed by atoms with E-state index >= 15 is 0 Å². The van der Waals surface area contributed by atoms with Crippen molar-refractivity contribution in [3.05, 3.63) is 41.6 Å². The number of rotatable bonds is 2. The van der Waals surface area contributed by atoms with E-state index in [4.69, 9.17) is 10.3 Å². The van der Waals surface area contributed by atoms with Crippen LogP contribution in [0.2, 0.25) is 0 Å². The molecule has 0 fully saturated rings. The molecule has 0 aliphatic rings. The lowest BCUT2D eigenvalue weighted by Gasteiger charge is -1.88. The molecule has 0 aliphatic carbocycles. The Balaban J connectivity index is 2.26. The fraction of sp³-hybridized carbons (Fsp3) is 0.0909. The summed E-state index contributed by atoms with van der Waals surface area (Å²) in [7, 11) is 1.78. The van der Waals surface area contributed by atoms with Crippen molar-refractivity contribution in [3.63, 3.8) is 0 Å². The molecule has 4 nitrogen and oxygen atoms in total. The normalized spacial score (nSPS) is 11.0. The van der Waals surface area contributed by atoms with E-state index in [-0.39, 0.29) is 0 Å². The number of nitrogens with zero attached hydrogens (tertiary/aromatic N) is 2. The van der Waals surface area contributed by atoms with Crippen molar-refractivity contribution in [1.82, 2.24) is 5.27 Å². The molecule has 4 heteroatoms. The van der Waals surface area contributed by atoms with Gasteiger partial charge in [0.2, 0.25) is 5.27 Å². The highest BCUT2D eigenvalue weighted by Gasteiger charge is 2.14. The molecule has 0 spiro atoms. The van der Waals surface area contributed by atoms with Crippen LogP contribution in [0.15, 0.2) is 34.9 Å². The summed E-state index contributed by atoms with van der Waals surface area (Å²) in [5.41, 5.74) is 7.48. The Bertz CT molecular complexity index is 454. The lowest BCUT2D eigenvalue weighted by atomic mass is 10.2. The Kier molecular flexibility index (Phi) is 2.49. The van der Waals surface area contributed by atoms with E-state index in [2.05, 4.69) is 5.27 Å². The highest BCUT2D eigenvalue weighted by molar-refractivity contribution is 5.69. The molecule has 0 atom stereocenters. The molecule has 76 valence electrons. The van der Waals surface area contributed by atoms with Crippen molar-refractivity contribution in [1.29, 1.82) is 0 Å². The number of hydrogen-bond donors (Lipinski definition) is 1. The van der Waals surface area contributed by atoms with Gasteiger partial charge in [0.25, 0.3) is 5.69 Å². The number of hydrogen-bond acceptors (Lipinski definition) is 3. The first-order chi connectivity index (χ1) is 7.27. The predicted molar refractivity (Wildman–Crippen MR) is 57.5 cm³/mol. The molecule has 2 rings (SSSR count). The van der Waals surface area contributed by atoms with E-state index in [0.717, 1.165) is 11.3 Å². The SMILES string of the molecule is C[n+]1noc(N)c1/C=C/c1ccccc1. The molecule has 1 heterocycles. The lowest BCUT2D eigenvalue weighted by Crippen LogP contribution is -2.32. The smallest absolute Gasteiger partial charge is 0.301 e. The van der Waals surface area contributed by atoms with Crippen molar-refractivity contribution < 1.29 is 9.20 Å². The summed E-state index contributed by atoms with van der Waals surface area (Å²) in [5, 5.41) is 3.69. The van der Waals surface area contributed by atoms with Crippen LogP contribution in [-0.4, -0.2) is 5.27 Å². The third kappa shape index (κ3) is 2.04. The molecular formula is C11H12N3O+. The van der Waals surface area contributed by atoms with E-state index in [1.54, 1.807) is 11.7 Å². The summed E-state index contributed by atoms with van der Waals surface area (Å²) in [6.45, 7) is 0. The molecule has 0 radical (unpaired) electrons. The van der Waals surface area contributed by atoms with Crippen LogP contribution in [-0.2, 0) is 7.05 Å². The monoisotopic (exact) mass is 202 g/mol. The van der Waals surface area contributed by atoms with Gasteiger partial charge in [-0.3, -0.25) is 4.52 Å². The van der Waals surface area contributed by atoms with Gasteiger partial charge in [-0.25, -0.2) is 0 Å². The standard InChI is InChI=1S/C11H12N3O/c1-14-10(11(12)15-13-14)8-7-9-5-3-2-4-6-9/h2-8H,12H2,1H3/q+1/b8-7+. The Labute approximate surface area is 87.6 Å². The average Bonchev–Trinajstić information content (AvgIpc) is 2.58. The number of benzene rings is 1. The molecule has 0 unspecified atom stereocenters. The topological polar surface area (TPSA) is 55.9 Å². The van der Waals surface area contributed by atoms with Gasteiger partial charge in [-0.15, -0.1) is 0 Å². The Morgan fingerprint density at radius 2 is 2.00 bits per heavy atom. The Hall–Kier alpha value is -2.10. The van der Waals surface area contributed by atoms with E-state index < -0.39 is 0 Å². The minimum absolute atomic E-state index is 0.324. The van der Waals surface area contributed by atoms with Crippen LogP contribution in [0.4, 0.5) is 5.88 Å². The van der Waals surface area contributed by atoms with Gasteiger partial charge in [0.1, 0.15) is 0 Å². The van der Waals surface area contributed by atoms with Crippen LogP contribution < -0.4 is 10.4 Å². The van der Waals surface area contributed by atoms with Gasteiger partial charge in [0.15, 0.2) is 7.05 Å². The number of anilines is 1. The van der Waals surface area contributed by atoms with Crippen molar-refractivity contribution in [3.8, 4) is 0 Å². The van der Waals surface area contributed by atoms with Crippen molar-refractivity contribution in [2.24, 2.45) is 7.05 Å². The second kappa shape index (κ2) is 3.96. The van der Waals surface area contributed by atoms with E-state index in [9.17, 15) is 0 Å². The van der Waals surface area contributed by atoms with Crippen LogP contribution >= 0.6 is 0 Å². The highest BCUT2D eigenvalue weighted by atomic mass is 16.5. The van der Waals surface area contributed by atoms with Crippen LogP contribution in [0.1, 0.15) is 11.3 Å². The zero-order chi connectivity index (χ0) is 10.7. The zero-order valence-electron chi connectivity index (χ0n) is 8.42. The molecule has 0 aliphatic heterocycles. The number of aryl methyl sites for hydroxylation is 1. The predicted octanol–water partition coefficient (Wildman–Crippen LogP) is 1.25. The maximum Gasteiger partial charge on any atom is 0.301 e.